The summed E-state index contributed by atoms with van der Waals surface area (Å²) in [6.07, 6.45) is 3.98. The summed E-state index contributed by atoms with van der Waals surface area (Å²) in [6.45, 7) is 5.36. The molecule has 0 aromatic rings. The molecular weight excluding hydrogens is 252 g/mol. The van der Waals surface area contributed by atoms with E-state index < -0.39 is 9.84 Å². The molecule has 0 aromatic carbocycles. The summed E-state index contributed by atoms with van der Waals surface area (Å²) >= 11 is 0. The number of nitrogens with one attached hydrogen (secondary N) is 1. The van der Waals surface area contributed by atoms with Crippen molar-refractivity contribution in [2.45, 2.75) is 45.2 Å². The fourth-order valence-corrected chi connectivity index (χ4v) is 3.43. The minimum Gasteiger partial charge on any atom is -0.338 e. The van der Waals surface area contributed by atoms with Crippen LogP contribution in [0.1, 0.15) is 33.1 Å². The average Bonchev–Trinajstić information content (AvgIpc) is 2.25. The topological polar surface area (TPSA) is 66.5 Å². The van der Waals surface area contributed by atoms with Crippen molar-refractivity contribution in [3.63, 3.8) is 0 Å². The Morgan fingerprint density at radius 2 is 2.17 bits per heavy atom. The van der Waals surface area contributed by atoms with Crippen molar-refractivity contribution < 1.29 is 13.2 Å². The van der Waals surface area contributed by atoms with Gasteiger partial charge < -0.3 is 10.2 Å². The predicted octanol–water partition coefficient (Wildman–Crippen LogP) is 0.410. The monoisotopic (exact) mass is 276 g/mol. The maximum Gasteiger partial charge on any atom is 0.239 e. The summed E-state index contributed by atoms with van der Waals surface area (Å²) in [5.74, 6) is 0.0880. The Bertz CT molecular complexity index is 381. The fraction of sp³-hybridized carbons (Fsp3) is 0.917. The molecule has 5 nitrogen and oxygen atoms in total. The van der Waals surface area contributed by atoms with Crippen LogP contribution in [0, 0.1) is 0 Å². The smallest absolute Gasteiger partial charge is 0.239 e. The molecule has 1 amide bonds. The summed E-state index contributed by atoms with van der Waals surface area (Å²) in [4.78, 5) is 13.9. The number of hydrogen-bond acceptors (Lipinski definition) is 4. The van der Waals surface area contributed by atoms with Gasteiger partial charge in [-0.3, -0.25) is 4.79 Å². The van der Waals surface area contributed by atoms with E-state index in [-0.39, 0.29) is 23.7 Å². The Labute approximate surface area is 110 Å². The number of hydrogen-bond donors (Lipinski definition) is 1. The highest BCUT2D eigenvalue weighted by molar-refractivity contribution is 7.90. The number of amides is 1. The first-order valence-corrected chi connectivity index (χ1v) is 8.62. The second-order valence-electron chi connectivity index (χ2n) is 5.12. The van der Waals surface area contributed by atoms with Gasteiger partial charge in [0.1, 0.15) is 9.84 Å². The van der Waals surface area contributed by atoms with Crippen LogP contribution in [0.5, 0.6) is 0 Å². The number of piperidine rings is 1. The Balaban J connectivity index is 2.62. The predicted molar refractivity (Wildman–Crippen MR) is 72.2 cm³/mol. The second kappa shape index (κ2) is 6.52. The normalized spacial score (nSPS) is 23.2. The van der Waals surface area contributed by atoms with Crippen LogP contribution < -0.4 is 5.32 Å². The van der Waals surface area contributed by atoms with Gasteiger partial charge in [0.2, 0.25) is 5.91 Å². The molecule has 106 valence electrons. The molecule has 0 radical (unpaired) electrons. The van der Waals surface area contributed by atoms with Gasteiger partial charge in [-0.2, -0.15) is 0 Å². The third-order valence-electron chi connectivity index (χ3n) is 3.19. The number of rotatable bonds is 6. The van der Waals surface area contributed by atoms with Crippen LogP contribution in [-0.4, -0.2) is 56.4 Å². The highest BCUT2D eigenvalue weighted by atomic mass is 32.2. The molecule has 1 saturated heterocycles. The van der Waals surface area contributed by atoms with Crippen molar-refractivity contribution in [1.29, 1.82) is 0 Å². The summed E-state index contributed by atoms with van der Waals surface area (Å²) in [7, 11) is -3.04. The van der Waals surface area contributed by atoms with E-state index in [4.69, 9.17) is 0 Å². The zero-order chi connectivity index (χ0) is 13.8. The number of sulfone groups is 1. The van der Waals surface area contributed by atoms with E-state index in [1.807, 2.05) is 0 Å². The van der Waals surface area contributed by atoms with E-state index in [9.17, 15) is 13.2 Å². The molecule has 6 heteroatoms. The number of nitrogens with zero attached hydrogens (tertiary/aromatic N) is 1. The molecule has 2 atom stereocenters. The fourth-order valence-electron chi connectivity index (χ4n) is 2.37. The maximum absolute atomic E-state index is 12.2. The molecule has 0 aromatic heterocycles. The van der Waals surface area contributed by atoms with Gasteiger partial charge in [0.15, 0.2) is 0 Å². The van der Waals surface area contributed by atoms with Crippen molar-refractivity contribution in [3.05, 3.63) is 0 Å². The van der Waals surface area contributed by atoms with Crippen LogP contribution in [0.2, 0.25) is 0 Å². The standard InChI is InChI=1S/C12H24N2O3S/c1-4-7-13-11-6-5-8-14(12(11)15)10(2)9-18(3,16)17/h10-11,13H,4-9H2,1-3H3. The van der Waals surface area contributed by atoms with Crippen LogP contribution in [0.4, 0.5) is 0 Å². The number of likely N-dealkylation sites (tertiary alicyclic amines) is 1. The Kier molecular flexibility index (Phi) is 5.59. The first-order valence-electron chi connectivity index (χ1n) is 6.56. The van der Waals surface area contributed by atoms with Gasteiger partial charge >= 0.3 is 0 Å². The van der Waals surface area contributed by atoms with E-state index in [1.165, 1.54) is 6.26 Å². The zero-order valence-corrected chi connectivity index (χ0v) is 12.3. The summed E-state index contributed by atoms with van der Waals surface area (Å²) in [5.41, 5.74) is 0. The third kappa shape index (κ3) is 4.57. The highest BCUT2D eigenvalue weighted by Crippen LogP contribution is 2.15. The van der Waals surface area contributed by atoms with E-state index >= 15 is 0 Å². The number of carbonyl (C=O) groups excluding carboxylic acids is 1. The van der Waals surface area contributed by atoms with Crippen LogP contribution in [0.3, 0.4) is 0 Å². The Morgan fingerprint density at radius 3 is 2.72 bits per heavy atom. The average molecular weight is 276 g/mol. The first kappa shape index (κ1) is 15.4. The molecule has 1 aliphatic rings. The van der Waals surface area contributed by atoms with E-state index in [1.54, 1.807) is 11.8 Å². The summed E-state index contributed by atoms with van der Waals surface area (Å²) in [5, 5.41) is 3.23. The summed E-state index contributed by atoms with van der Waals surface area (Å²) in [6, 6.07) is -0.376. The third-order valence-corrected chi connectivity index (χ3v) is 4.28. The zero-order valence-electron chi connectivity index (χ0n) is 11.5. The molecular formula is C12H24N2O3S. The van der Waals surface area contributed by atoms with Gasteiger partial charge in [-0.05, 0) is 32.7 Å². The van der Waals surface area contributed by atoms with Crippen molar-refractivity contribution >= 4 is 15.7 Å². The maximum atomic E-state index is 12.2. The van der Waals surface area contributed by atoms with Gasteiger partial charge in [0.05, 0.1) is 11.8 Å². The highest BCUT2D eigenvalue weighted by Gasteiger charge is 2.32. The van der Waals surface area contributed by atoms with Crippen LogP contribution in [0.15, 0.2) is 0 Å². The molecule has 2 unspecified atom stereocenters. The first-order chi connectivity index (χ1) is 8.35. The van der Waals surface area contributed by atoms with Gasteiger partial charge in [-0.25, -0.2) is 8.42 Å². The van der Waals surface area contributed by atoms with Crippen molar-refractivity contribution in [2.75, 3.05) is 25.1 Å². The summed E-state index contributed by atoms with van der Waals surface area (Å²) < 4.78 is 22.6. The minimum atomic E-state index is -3.04. The molecule has 0 saturated carbocycles. The largest absolute Gasteiger partial charge is 0.338 e. The van der Waals surface area contributed by atoms with Gasteiger partial charge in [-0.1, -0.05) is 6.92 Å². The molecule has 0 aliphatic carbocycles. The van der Waals surface area contributed by atoms with Gasteiger partial charge in [-0.15, -0.1) is 0 Å². The van der Waals surface area contributed by atoms with E-state index in [2.05, 4.69) is 12.2 Å². The molecule has 1 rings (SSSR count). The Morgan fingerprint density at radius 1 is 1.50 bits per heavy atom. The quantitative estimate of drug-likeness (QED) is 0.763. The van der Waals surface area contributed by atoms with Crippen LogP contribution in [-0.2, 0) is 14.6 Å². The Hall–Kier alpha value is -0.620. The molecule has 1 heterocycles. The van der Waals surface area contributed by atoms with Crippen molar-refractivity contribution in [3.8, 4) is 0 Å². The SMILES string of the molecule is CCCNC1CCCN(C(C)CS(C)(=O)=O)C1=O. The molecule has 0 bridgehead atoms. The van der Waals surface area contributed by atoms with Gasteiger partial charge in [0, 0.05) is 18.8 Å². The molecule has 1 aliphatic heterocycles. The van der Waals surface area contributed by atoms with Crippen LogP contribution >= 0.6 is 0 Å². The molecule has 0 spiro atoms. The van der Waals surface area contributed by atoms with Crippen LogP contribution in [0.25, 0.3) is 0 Å². The van der Waals surface area contributed by atoms with Gasteiger partial charge in [0.25, 0.3) is 0 Å². The lowest BCUT2D eigenvalue weighted by atomic mass is 10.0. The van der Waals surface area contributed by atoms with Crippen molar-refractivity contribution in [1.82, 2.24) is 10.2 Å². The number of carbonyl (C=O) groups is 1. The lowest BCUT2D eigenvalue weighted by molar-refractivity contribution is -0.137. The van der Waals surface area contributed by atoms with E-state index in [0.717, 1.165) is 25.8 Å². The lowest BCUT2D eigenvalue weighted by Crippen LogP contribution is -2.54. The minimum absolute atomic E-state index is 0.0409. The lowest BCUT2D eigenvalue weighted by Gasteiger charge is -2.36. The van der Waals surface area contributed by atoms with E-state index in [0.29, 0.717) is 6.54 Å². The second-order valence-corrected chi connectivity index (χ2v) is 7.31. The van der Waals surface area contributed by atoms with Crippen molar-refractivity contribution in [2.24, 2.45) is 0 Å². The molecule has 18 heavy (non-hydrogen) atoms. The molecule has 1 N–H and O–H groups in total. The molecule has 1 fully saturated rings.